The second-order valence-electron chi connectivity index (χ2n) is 7.84. The van der Waals surface area contributed by atoms with Crippen LogP contribution in [-0.4, -0.2) is 25.2 Å². The summed E-state index contributed by atoms with van der Waals surface area (Å²) in [6.45, 7) is 0.645. The van der Waals surface area contributed by atoms with Gasteiger partial charge in [-0.1, -0.05) is 36.4 Å². The molecule has 2 amide bonds. The van der Waals surface area contributed by atoms with Crippen molar-refractivity contribution < 1.29 is 18.0 Å². The average molecular weight is 541 g/mol. The van der Waals surface area contributed by atoms with Crippen LogP contribution in [0.5, 0.6) is 0 Å². The van der Waals surface area contributed by atoms with Gasteiger partial charge in [-0.15, -0.1) is 23.7 Å². The van der Waals surface area contributed by atoms with Gasteiger partial charge in [0.25, 0.3) is 11.8 Å². The Kier molecular flexibility index (Phi) is 7.23. The first-order valence-electron chi connectivity index (χ1n) is 10.7. The van der Waals surface area contributed by atoms with Crippen molar-refractivity contribution >= 4 is 51.1 Å². The number of hydrogen-bond acceptors (Lipinski definition) is 7. The number of anilines is 1. The zero-order valence-corrected chi connectivity index (χ0v) is 21.2. The first-order valence-corrected chi connectivity index (χ1v) is 13.0. The number of halogens is 1. The van der Waals surface area contributed by atoms with Crippen molar-refractivity contribution in [2.45, 2.75) is 22.9 Å². The van der Waals surface area contributed by atoms with Gasteiger partial charge in [-0.2, -0.15) is 0 Å². The minimum Gasteiger partial charge on any atom is -0.347 e. The lowest BCUT2D eigenvalue weighted by molar-refractivity contribution is 0.0949. The molecule has 1 aliphatic heterocycles. The van der Waals surface area contributed by atoms with E-state index >= 15 is 0 Å². The molecule has 4 aromatic rings. The first-order chi connectivity index (χ1) is 16.9. The van der Waals surface area contributed by atoms with Crippen LogP contribution in [0.2, 0.25) is 0 Å². The molecule has 0 saturated heterocycles. The van der Waals surface area contributed by atoms with E-state index in [0.29, 0.717) is 6.54 Å². The summed E-state index contributed by atoms with van der Waals surface area (Å²) in [6, 6.07) is 17.9. The molecule has 0 saturated carbocycles. The summed E-state index contributed by atoms with van der Waals surface area (Å²) in [7, 11) is -3.93. The molecular formula is C25H21ClN4O4S2. The number of thiazole rings is 1. The highest BCUT2D eigenvalue weighted by Gasteiger charge is 2.31. The summed E-state index contributed by atoms with van der Waals surface area (Å²) in [6.07, 6.45) is 1.70. The maximum absolute atomic E-state index is 13.1. The van der Waals surface area contributed by atoms with Crippen molar-refractivity contribution in [1.29, 1.82) is 0 Å². The van der Waals surface area contributed by atoms with E-state index in [1.54, 1.807) is 18.3 Å². The molecule has 1 aromatic heterocycles. The number of amides is 2. The average Bonchev–Trinajstić information content (AvgIpc) is 3.33. The second-order valence-corrected chi connectivity index (χ2v) is 10.8. The Balaban J connectivity index is 0.00000304. The zero-order valence-electron chi connectivity index (χ0n) is 18.7. The van der Waals surface area contributed by atoms with E-state index < -0.39 is 21.7 Å². The Morgan fingerprint density at radius 2 is 1.72 bits per heavy atom. The van der Waals surface area contributed by atoms with Crippen molar-refractivity contribution in [2.24, 2.45) is 5.73 Å². The SMILES string of the molecule is Cl.NCc1ccccc1-c1ncc(CNC(=O)c2ccc3c(c2)NC(=O)c2ccccc2S3(=O)=O)s1. The maximum atomic E-state index is 13.1. The lowest BCUT2D eigenvalue weighted by Gasteiger charge is -2.10. The number of sulfone groups is 1. The number of aromatic nitrogens is 1. The lowest BCUT2D eigenvalue weighted by Crippen LogP contribution is -2.22. The number of fused-ring (bicyclic) bond motifs is 2. The van der Waals surface area contributed by atoms with Gasteiger partial charge >= 0.3 is 0 Å². The third kappa shape index (κ3) is 4.63. The van der Waals surface area contributed by atoms with E-state index in [4.69, 9.17) is 5.73 Å². The minimum absolute atomic E-state index is 0. The van der Waals surface area contributed by atoms with Gasteiger partial charge in [0, 0.05) is 28.7 Å². The number of hydrogen-bond donors (Lipinski definition) is 3. The summed E-state index contributed by atoms with van der Waals surface area (Å²) in [4.78, 5) is 30.6. The number of nitrogens with two attached hydrogens (primary N) is 1. The molecule has 8 nitrogen and oxygen atoms in total. The van der Waals surface area contributed by atoms with Crippen molar-refractivity contribution in [2.75, 3.05) is 5.32 Å². The molecule has 2 heterocycles. The number of benzene rings is 3. The smallest absolute Gasteiger partial charge is 0.257 e. The summed E-state index contributed by atoms with van der Waals surface area (Å²) in [5, 5.41) is 6.26. The Morgan fingerprint density at radius 1 is 1.00 bits per heavy atom. The highest BCUT2D eigenvalue weighted by Crippen LogP contribution is 2.34. The molecule has 0 aliphatic carbocycles. The Hall–Kier alpha value is -3.57. The Morgan fingerprint density at radius 3 is 2.50 bits per heavy atom. The summed E-state index contributed by atoms with van der Waals surface area (Å²) in [5.41, 5.74) is 8.12. The van der Waals surface area contributed by atoms with Gasteiger partial charge in [0.05, 0.1) is 27.6 Å². The van der Waals surface area contributed by atoms with Crippen LogP contribution in [0.3, 0.4) is 0 Å². The number of carbonyl (C=O) groups is 2. The van der Waals surface area contributed by atoms with Gasteiger partial charge in [-0.3, -0.25) is 9.59 Å². The lowest BCUT2D eigenvalue weighted by atomic mass is 10.1. The Bertz CT molecular complexity index is 1580. The van der Waals surface area contributed by atoms with Gasteiger partial charge in [-0.25, -0.2) is 13.4 Å². The fraction of sp³-hybridized carbons (Fsp3) is 0.0800. The highest BCUT2D eigenvalue weighted by atomic mass is 35.5. The summed E-state index contributed by atoms with van der Waals surface area (Å²) in [5.74, 6) is -0.950. The van der Waals surface area contributed by atoms with Crippen LogP contribution in [0, 0.1) is 0 Å². The van der Waals surface area contributed by atoms with Crippen molar-refractivity contribution in [3.05, 3.63) is 94.5 Å². The number of carbonyl (C=O) groups excluding carboxylic acids is 2. The quantitative estimate of drug-likeness (QED) is 0.350. The molecule has 0 radical (unpaired) electrons. The topological polar surface area (TPSA) is 131 Å². The highest BCUT2D eigenvalue weighted by molar-refractivity contribution is 7.91. The van der Waals surface area contributed by atoms with Gasteiger partial charge in [-0.05, 0) is 35.9 Å². The second kappa shape index (κ2) is 10.2. The molecule has 3 aromatic carbocycles. The largest absolute Gasteiger partial charge is 0.347 e. The molecule has 0 atom stereocenters. The fourth-order valence-electron chi connectivity index (χ4n) is 3.89. The molecule has 184 valence electrons. The van der Waals surface area contributed by atoms with Gasteiger partial charge in [0.2, 0.25) is 9.84 Å². The van der Waals surface area contributed by atoms with E-state index in [-0.39, 0.29) is 45.6 Å². The predicted molar refractivity (Wildman–Crippen MR) is 140 cm³/mol. The maximum Gasteiger partial charge on any atom is 0.257 e. The van der Waals surface area contributed by atoms with Crippen molar-refractivity contribution in [3.8, 4) is 10.6 Å². The number of nitrogens with one attached hydrogen (secondary N) is 2. The van der Waals surface area contributed by atoms with Crippen LogP contribution in [0.4, 0.5) is 5.69 Å². The van der Waals surface area contributed by atoms with Crippen LogP contribution < -0.4 is 16.4 Å². The molecule has 0 bridgehead atoms. The fourth-order valence-corrected chi connectivity index (χ4v) is 6.39. The van der Waals surface area contributed by atoms with E-state index in [1.807, 2.05) is 24.3 Å². The molecule has 0 fully saturated rings. The van der Waals surface area contributed by atoms with Crippen LogP contribution in [0.1, 0.15) is 31.2 Å². The molecule has 1 aliphatic rings. The number of nitrogens with zero attached hydrogens (tertiary/aromatic N) is 1. The summed E-state index contributed by atoms with van der Waals surface area (Å²) < 4.78 is 26.2. The monoisotopic (exact) mass is 540 g/mol. The third-order valence-corrected chi connectivity index (χ3v) is 8.55. The molecule has 5 rings (SSSR count). The molecule has 11 heteroatoms. The molecular weight excluding hydrogens is 520 g/mol. The Labute approximate surface area is 217 Å². The molecule has 0 spiro atoms. The van der Waals surface area contributed by atoms with Crippen LogP contribution in [0.25, 0.3) is 10.6 Å². The van der Waals surface area contributed by atoms with Crippen LogP contribution in [-0.2, 0) is 22.9 Å². The van der Waals surface area contributed by atoms with Crippen LogP contribution >= 0.6 is 23.7 Å². The van der Waals surface area contributed by atoms with E-state index in [2.05, 4.69) is 15.6 Å². The van der Waals surface area contributed by atoms with Crippen LogP contribution in [0.15, 0.2) is 82.7 Å². The van der Waals surface area contributed by atoms with E-state index in [9.17, 15) is 18.0 Å². The molecule has 36 heavy (non-hydrogen) atoms. The summed E-state index contributed by atoms with van der Waals surface area (Å²) >= 11 is 1.45. The van der Waals surface area contributed by atoms with E-state index in [0.717, 1.165) is 21.0 Å². The van der Waals surface area contributed by atoms with Gasteiger partial charge in [0.1, 0.15) is 5.01 Å². The molecule has 0 unspecified atom stereocenters. The van der Waals surface area contributed by atoms with Crippen molar-refractivity contribution in [3.63, 3.8) is 0 Å². The standard InChI is InChI=1S/C25H20N4O4S2.ClH/c26-12-16-5-1-2-6-18(16)25-28-14-17(34-25)13-27-23(30)15-9-10-22-20(11-15)29-24(31)19-7-3-4-8-21(19)35(22,32)33;/h1-11,14H,12-13,26H2,(H,27,30)(H,29,31);1H. The third-order valence-electron chi connectivity index (χ3n) is 5.65. The molecule has 4 N–H and O–H groups in total. The van der Waals surface area contributed by atoms with Crippen molar-refractivity contribution in [1.82, 2.24) is 10.3 Å². The van der Waals surface area contributed by atoms with Gasteiger partial charge in [0.15, 0.2) is 0 Å². The van der Waals surface area contributed by atoms with Gasteiger partial charge < -0.3 is 16.4 Å². The minimum atomic E-state index is -3.93. The zero-order chi connectivity index (χ0) is 24.6. The predicted octanol–water partition coefficient (Wildman–Crippen LogP) is 4.02. The number of rotatable bonds is 5. The first kappa shape index (κ1) is 25.5. The normalized spacial score (nSPS) is 13.4. The van der Waals surface area contributed by atoms with E-state index in [1.165, 1.54) is 41.7 Å².